The summed E-state index contributed by atoms with van der Waals surface area (Å²) in [6.45, 7) is 5.84. The van der Waals surface area contributed by atoms with E-state index in [-0.39, 0.29) is 75.3 Å². The number of carbonyl (C=O) groups is 18. The lowest BCUT2D eigenvalue weighted by Crippen LogP contribution is -2.62. The van der Waals surface area contributed by atoms with Gasteiger partial charge in [0.15, 0.2) is 0 Å². The molecule has 21 N–H and O–H groups in total. The number of aromatic nitrogens is 4. The summed E-state index contributed by atoms with van der Waals surface area (Å²) in [5.41, 5.74) is 13.9. The fourth-order valence-corrected chi connectivity index (χ4v) is 17.4. The highest BCUT2D eigenvalue weighted by atomic mass is 32.2. The Kier molecular flexibility index (Phi) is 38.3. The van der Waals surface area contributed by atoms with Gasteiger partial charge in [-0.1, -0.05) is 102 Å². The second kappa shape index (κ2) is 49.3. The van der Waals surface area contributed by atoms with Crippen molar-refractivity contribution in [1.29, 1.82) is 0 Å². The number of nitrogens with one attached hydrogen (secondary N) is 13. The Hall–Kier alpha value is -13.5. The van der Waals surface area contributed by atoms with E-state index in [1.54, 1.807) is 74.8 Å². The Labute approximate surface area is 777 Å². The van der Waals surface area contributed by atoms with Gasteiger partial charge in [0.05, 0.1) is 37.8 Å². The smallest absolute Gasteiger partial charge is 0.303 e. The fraction of sp³-hybridized carbons (Fsp3) is 0.522. The topological polar surface area (TPSA) is 637 Å². The molecule has 44 heteroatoms. The van der Waals surface area contributed by atoms with E-state index >= 15 is 38.4 Å². The second-order valence-corrected chi connectivity index (χ2v) is 35.5. The number of primary amides is 2. The number of aliphatic hydroxyl groups is 2. The molecule has 3 fully saturated rings. The number of aromatic hydroxyl groups is 1. The maximum Gasteiger partial charge on any atom is 0.303 e. The summed E-state index contributed by atoms with van der Waals surface area (Å²) in [4.78, 5) is 280. The van der Waals surface area contributed by atoms with Crippen LogP contribution >= 0.6 is 11.8 Å². The third-order valence-corrected chi connectivity index (χ3v) is 25.0. The van der Waals surface area contributed by atoms with Gasteiger partial charge in [0.2, 0.25) is 100 Å². The quantitative estimate of drug-likeness (QED) is 0.0286. The van der Waals surface area contributed by atoms with E-state index < -0.39 is 260 Å². The van der Waals surface area contributed by atoms with Crippen molar-refractivity contribution in [1.82, 2.24) is 97.6 Å². The molecule has 3 aliphatic rings. The Balaban J connectivity index is 1.10. The molecule has 6 heterocycles. The molecule has 0 unspecified atom stereocenters. The number of amides is 17. The molecular weight excluding hydrogens is 1760 g/mol. The number of aromatic amines is 3. The Morgan fingerprint density at radius 3 is 1.67 bits per heavy atom. The van der Waals surface area contributed by atoms with E-state index in [1.807, 2.05) is 13.8 Å². The Morgan fingerprint density at radius 2 is 1.08 bits per heavy atom. The van der Waals surface area contributed by atoms with Crippen LogP contribution in [0.25, 0.3) is 21.8 Å². The number of nitrogens with zero attached hydrogens (tertiary/aromatic N) is 6. The molecule has 15 atom stereocenters. The van der Waals surface area contributed by atoms with Crippen LogP contribution in [0.3, 0.4) is 0 Å². The van der Waals surface area contributed by atoms with Crippen molar-refractivity contribution in [2.45, 2.75) is 234 Å². The van der Waals surface area contributed by atoms with Crippen LogP contribution in [0.5, 0.6) is 5.75 Å². The average Bonchev–Trinajstić information content (AvgIpc) is 1.37. The number of phenols is 1. The molecule has 6 aromatic rings. The van der Waals surface area contributed by atoms with Gasteiger partial charge < -0.3 is 125 Å². The van der Waals surface area contributed by atoms with Crippen LogP contribution in [0.1, 0.15) is 140 Å². The number of carboxylic acids is 1. The number of thioether (sulfide) groups is 1. The zero-order chi connectivity index (χ0) is 97.9. The number of imidazole rings is 1. The molecule has 17 amide bonds. The van der Waals surface area contributed by atoms with E-state index in [9.17, 15) is 68.4 Å². The van der Waals surface area contributed by atoms with Crippen molar-refractivity contribution in [2.75, 3.05) is 58.9 Å². The molecule has 43 nitrogen and oxygen atoms in total. The summed E-state index contributed by atoms with van der Waals surface area (Å²) in [5, 5.41) is 70.2. The molecule has 9 rings (SSSR count). The van der Waals surface area contributed by atoms with E-state index in [2.05, 4.69) is 73.1 Å². The summed E-state index contributed by atoms with van der Waals surface area (Å²) in [7, 11) is 3.90. The van der Waals surface area contributed by atoms with Crippen LogP contribution in [0.4, 0.5) is 0 Å². The Bertz CT molecular complexity index is 5200. The number of aliphatic hydroxyl groups excluding tert-OH is 2. The number of rotatable bonds is 25. The summed E-state index contributed by atoms with van der Waals surface area (Å²) >= 11 is 0.781. The number of benzene rings is 3. The van der Waals surface area contributed by atoms with Crippen LogP contribution in [-0.2, 0) is 112 Å². The summed E-state index contributed by atoms with van der Waals surface area (Å²) < 4.78 is 0. The van der Waals surface area contributed by atoms with Crippen LogP contribution < -0.4 is 64.6 Å². The van der Waals surface area contributed by atoms with Crippen molar-refractivity contribution >= 4 is 140 Å². The van der Waals surface area contributed by atoms with Crippen molar-refractivity contribution in [3.05, 3.63) is 120 Å². The number of carbonyl (C=O) groups excluding carboxylic acids is 17. The highest BCUT2D eigenvalue weighted by Crippen LogP contribution is 2.28. The largest absolute Gasteiger partial charge is 0.508 e. The van der Waals surface area contributed by atoms with Gasteiger partial charge in [-0.3, -0.25) is 86.3 Å². The third kappa shape index (κ3) is 28.5. The minimum Gasteiger partial charge on any atom is -0.508 e. The fourth-order valence-electron chi connectivity index (χ4n) is 16.5. The maximum absolute atomic E-state index is 15.7. The molecule has 0 spiro atoms. The van der Waals surface area contributed by atoms with Gasteiger partial charge in [0.1, 0.15) is 90.3 Å². The SMILES string of the molecule is CCCC[C@H]1C(=O)N(C)[C@@H](CCCC)C(=O)N[C@@H](CC(C)C)C(=O)N[C@H](C(=O)NCC(N)=O)CSCC(=O)N[C@@H](Cc2ccc(O)cc2)C(=O)N(C)[C@@H](C)C(=O)N[C@@H](CC(N)=O)C(=O)N2CCC[C@H]2C(=O)N[C@@H](Cc2cnc[nH]2)C(=O)N[C@@H](CCC(=O)O)C(=O)N2C[C@H](O)C[C@H]2C(=O)N[C@@H](Cc2c[nH]c3ccccc23)C(=O)N[C@@H](CO)C(=O)N[C@@H](Cc2c[nH]c3ccccc23)C(=O)N1C. The number of para-hydroxylation sites is 2. The van der Waals surface area contributed by atoms with Crippen LogP contribution in [-0.4, -0.2) is 321 Å². The van der Waals surface area contributed by atoms with Crippen molar-refractivity contribution in [3.8, 4) is 5.75 Å². The van der Waals surface area contributed by atoms with Gasteiger partial charge in [-0.25, -0.2) is 4.98 Å². The number of hydrogen-bond acceptors (Lipinski definition) is 23. The lowest BCUT2D eigenvalue weighted by molar-refractivity contribution is -0.149. The van der Waals surface area contributed by atoms with Gasteiger partial charge >= 0.3 is 5.97 Å². The molecule has 0 saturated carbocycles. The standard InChI is InChI=1S/C90H123N21O22S/c1-9-11-22-69-83(126)100-61(32-48(3)4)79(122)106-68(78(121)96-42-74(92)116)45-134-46-75(117)98-64(33-50-25-27-54(113)28-26-50)86(129)107(6)49(5)77(120)103-66(38-73(91)115)89(132)110-31-17-24-70(110)84(127)102-63(36-53-41-93-47-97-53)81(124)99-60(29-30-76(118)119)88(131)111-43-55(114)37-72(111)85(128)101-62(34-51-39-94-58-20-15-13-18-56(51)58)80(123)105-67(44-112)82(125)104-65(35-52-40-95-59-21-16-14-19-57(52)59)87(130)109(8)71(23-12-10-2)90(133)108(69)7/h13-16,18-21,25-28,39-41,47-49,55,60-72,94-95,112-114H,9-12,17,22-24,29-38,42-46H2,1-8H3,(H2,91,115)(H2,92,116)(H,93,97)(H,96,121)(H,98,117)(H,99,124)(H,100,126)(H,101,128)(H,102,127)(H,103,120)(H,104,125)(H,105,123)(H,106,122)(H,118,119)/t49-,55+,60-,61-,62-,63-,64-,65-,66-,67-,68-,69-,70-,71-,72-/m0/s1. The van der Waals surface area contributed by atoms with Gasteiger partial charge in [-0.05, 0) is 92.3 Å². The first-order valence-electron chi connectivity index (χ1n) is 44.7. The number of phenolic OH excluding ortho intramolecular Hbond substituents is 1. The summed E-state index contributed by atoms with van der Waals surface area (Å²) in [5.74, 6) is -19.6. The molecule has 3 aliphatic heterocycles. The highest BCUT2D eigenvalue weighted by Gasteiger charge is 2.47. The van der Waals surface area contributed by atoms with Crippen LogP contribution in [0, 0.1) is 5.92 Å². The minimum absolute atomic E-state index is 0.00226. The molecule has 3 aromatic heterocycles. The first-order valence-corrected chi connectivity index (χ1v) is 45.9. The predicted octanol–water partition coefficient (Wildman–Crippen LogP) is -2.33. The maximum atomic E-state index is 15.7. The molecule has 0 aliphatic carbocycles. The van der Waals surface area contributed by atoms with Gasteiger partial charge in [-0.15, -0.1) is 11.8 Å². The van der Waals surface area contributed by atoms with Gasteiger partial charge in [0.25, 0.3) is 0 Å². The number of unbranched alkanes of at least 4 members (excludes halogenated alkanes) is 2. The van der Waals surface area contributed by atoms with Crippen LogP contribution in [0.15, 0.2) is 97.7 Å². The number of aliphatic carboxylic acids is 1. The van der Waals surface area contributed by atoms with Gasteiger partial charge in [0, 0.05) is 125 Å². The first-order chi connectivity index (χ1) is 63.8. The molecule has 134 heavy (non-hydrogen) atoms. The van der Waals surface area contributed by atoms with Crippen LogP contribution in [0.2, 0.25) is 0 Å². The molecule has 3 aromatic carbocycles. The van der Waals surface area contributed by atoms with Crippen molar-refractivity contribution in [3.63, 3.8) is 0 Å². The summed E-state index contributed by atoms with van der Waals surface area (Å²) in [6, 6.07) is -3.05. The first kappa shape index (κ1) is 104. The number of carboxylic acid groups (broad SMARTS) is 1. The summed E-state index contributed by atoms with van der Waals surface area (Å²) in [6.07, 6.45) is 1.84. The normalized spacial score (nSPS) is 24.9. The number of H-pyrrole nitrogens is 3. The molecule has 726 valence electrons. The van der Waals surface area contributed by atoms with E-state index in [0.29, 0.717) is 64.2 Å². The molecule has 0 radical (unpaired) electrons. The number of nitrogens with two attached hydrogens (primary N) is 2. The van der Waals surface area contributed by atoms with E-state index in [0.717, 1.165) is 31.4 Å². The predicted molar refractivity (Wildman–Crippen MR) is 487 cm³/mol. The Morgan fingerprint density at radius 1 is 0.552 bits per heavy atom. The van der Waals surface area contributed by atoms with Crippen molar-refractivity contribution < 1.29 is 107 Å². The lowest BCUT2D eigenvalue weighted by Gasteiger charge is -2.36. The molecular formula is C90H123N21O22S. The number of fused-ring (bicyclic) bond motifs is 4. The second-order valence-electron chi connectivity index (χ2n) is 34.4. The minimum atomic E-state index is -1.92. The molecule has 3 saturated heterocycles. The number of hydrogen-bond donors (Lipinski definition) is 19. The zero-order valence-corrected chi connectivity index (χ0v) is 76.9. The molecule has 0 bridgehead atoms. The lowest BCUT2D eigenvalue weighted by atomic mass is 9.99. The average molecular weight is 1880 g/mol. The van der Waals surface area contributed by atoms with E-state index in [4.69, 9.17) is 11.5 Å². The van der Waals surface area contributed by atoms with Crippen molar-refractivity contribution in [2.24, 2.45) is 17.4 Å². The van der Waals surface area contributed by atoms with E-state index in [1.165, 1.54) is 69.8 Å². The highest BCUT2D eigenvalue weighted by molar-refractivity contribution is 8.00. The zero-order valence-electron chi connectivity index (χ0n) is 76.1. The number of likely N-dealkylation sites (N-methyl/N-ethyl adjacent to an activating group) is 3. The monoisotopic (exact) mass is 1880 g/mol. The third-order valence-electron chi connectivity index (χ3n) is 24.0. The van der Waals surface area contributed by atoms with Gasteiger partial charge in [-0.2, -0.15) is 0 Å².